The quantitative estimate of drug-likeness (QED) is 0.801. The normalized spacial score (nSPS) is 19.8. The van der Waals surface area contributed by atoms with Crippen molar-refractivity contribution < 1.29 is 9.53 Å². The summed E-state index contributed by atoms with van der Waals surface area (Å²) >= 11 is 0. The molecular weight excluding hydrogens is 202 g/mol. The van der Waals surface area contributed by atoms with Crippen LogP contribution in [0.3, 0.4) is 0 Å². The number of hydrogen-bond acceptors (Lipinski definition) is 2. The summed E-state index contributed by atoms with van der Waals surface area (Å²) in [4.78, 5) is 11.6. The first-order chi connectivity index (χ1) is 7.38. The molecule has 0 aliphatic heterocycles. The first kappa shape index (κ1) is 13.5. The Morgan fingerprint density at radius 2 is 1.94 bits per heavy atom. The number of ether oxygens (including phenoxy) is 1. The second-order valence-electron chi connectivity index (χ2n) is 5.80. The molecule has 1 N–H and O–H groups in total. The van der Waals surface area contributed by atoms with E-state index in [4.69, 9.17) is 4.74 Å². The smallest absolute Gasteiger partial charge is 0.246 e. The molecule has 94 valence electrons. The van der Waals surface area contributed by atoms with Crippen LogP contribution in [0.2, 0.25) is 0 Å². The summed E-state index contributed by atoms with van der Waals surface area (Å²) in [5.41, 5.74) is -0.242. The molecule has 0 spiro atoms. The fourth-order valence-electron chi connectivity index (χ4n) is 2.15. The monoisotopic (exact) mass is 227 g/mol. The summed E-state index contributed by atoms with van der Waals surface area (Å²) in [6.07, 6.45) is 5.12. The Morgan fingerprint density at radius 1 is 1.38 bits per heavy atom. The fraction of sp³-hybridized carbons (Fsp3) is 0.923. The highest BCUT2D eigenvalue weighted by Gasteiger charge is 2.23. The highest BCUT2D eigenvalue weighted by molar-refractivity contribution is 5.77. The van der Waals surface area contributed by atoms with E-state index in [2.05, 4.69) is 12.2 Å². The van der Waals surface area contributed by atoms with Gasteiger partial charge in [0, 0.05) is 6.04 Å². The van der Waals surface area contributed by atoms with Gasteiger partial charge in [-0.25, -0.2) is 0 Å². The minimum Gasteiger partial charge on any atom is -0.366 e. The molecule has 0 radical (unpaired) electrons. The Hall–Kier alpha value is -0.570. The predicted molar refractivity (Wildman–Crippen MR) is 65.3 cm³/mol. The lowest BCUT2D eigenvalue weighted by molar-refractivity contribution is -0.131. The van der Waals surface area contributed by atoms with Crippen molar-refractivity contribution in [1.29, 1.82) is 0 Å². The van der Waals surface area contributed by atoms with Crippen molar-refractivity contribution >= 4 is 5.91 Å². The van der Waals surface area contributed by atoms with Crippen molar-refractivity contribution in [2.75, 3.05) is 6.61 Å². The molecule has 0 aromatic heterocycles. The largest absolute Gasteiger partial charge is 0.366 e. The van der Waals surface area contributed by atoms with Gasteiger partial charge in [0.1, 0.15) is 6.61 Å². The second-order valence-corrected chi connectivity index (χ2v) is 5.80. The van der Waals surface area contributed by atoms with Crippen molar-refractivity contribution in [3.05, 3.63) is 0 Å². The molecule has 16 heavy (non-hydrogen) atoms. The third-order valence-corrected chi connectivity index (χ3v) is 3.13. The molecule has 0 aromatic carbocycles. The average molecular weight is 227 g/mol. The number of nitrogens with one attached hydrogen (secondary N) is 1. The standard InChI is InChI=1S/C13H25NO2/c1-10(11-7-5-6-8-11)14-12(15)9-16-13(2,3)4/h10-11H,5-9H2,1-4H3,(H,14,15). The average Bonchev–Trinajstić information content (AvgIpc) is 2.66. The van der Waals surface area contributed by atoms with Gasteiger partial charge < -0.3 is 10.1 Å². The third kappa shape index (κ3) is 4.97. The van der Waals surface area contributed by atoms with E-state index in [1.54, 1.807) is 0 Å². The lowest BCUT2D eigenvalue weighted by atomic mass is 10.00. The van der Waals surface area contributed by atoms with E-state index in [0.717, 1.165) is 0 Å². The number of rotatable bonds is 4. The lowest BCUT2D eigenvalue weighted by Crippen LogP contribution is -2.40. The predicted octanol–water partition coefficient (Wildman–Crippen LogP) is 2.50. The van der Waals surface area contributed by atoms with Crippen molar-refractivity contribution in [1.82, 2.24) is 5.32 Å². The molecule has 0 heterocycles. The van der Waals surface area contributed by atoms with Crippen molar-refractivity contribution in [2.45, 2.75) is 65.0 Å². The molecule has 0 aromatic rings. The maximum atomic E-state index is 11.6. The molecule has 3 heteroatoms. The zero-order chi connectivity index (χ0) is 12.2. The first-order valence-electron chi connectivity index (χ1n) is 6.32. The van der Waals surface area contributed by atoms with E-state index in [1.165, 1.54) is 25.7 Å². The number of amides is 1. The van der Waals surface area contributed by atoms with Gasteiger partial charge in [0.2, 0.25) is 5.91 Å². The summed E-state index contributed by atoms with van der Waals surface area (Å²) in [7, 11) is 0. The molecule has 1 saturated carbocycles. The summed E-state index contributed by atoms with van der Waals surface area (Å²) in [6, 6.07) is 0.290. The summed E-state index contributed by atoms with van der Waals surface area (Å²) in [5, 5.41) is 3.03. The van der Waals surface area contributed by atoms with Crippen LogP contribution in [0.4, 0.5) is 0 Å². The molecule has 1 rings (SSSR count). The van der Waals surface area contributed by atoms with E-state index in [0.29, 0.717) is 12.0 Å². The van der Waals surface area contributed by atoms with E-state index < -0.39 is 0 Å². The summed E-state index contributed by atoms with van der Waals surface area (Å²) < 4.78 is 5.44. The van der Waals surface area contributed by atoms with Crippen LogP contribution in [0.15, 0.2) is 0 Å². The molecule has 1 fully saturated rings. The van der Waals surface area contributed by atoms with Gasteiger partial charge in [-0.3, -0.25) is 4.79 Å². The van der Waals surface area contributed by atoms with Crippen LogP contribution < -0.4 is 5.32 Å². The van der Waals surface area contributed by atoms with Crippen LogP contribution in [-0.2, 0) is 9.53 Å². The van der Waals surface area contributed by atoms with Gasteiger partial charge in [-0.05, 0) is 46.5 Å². The first-order valence-corrected chi connectivity index (χ1v) is 6.32. The summed E-state index contributed by atoms with van der Waals surface area (Å²) in [5.74, 6) is 0.674. The molecule has 0 bridgehead atoms. The number of carbonyl (C=O) groups is 1. The maximum absolute atomic E-state index is 11.6. The SMILES string of the molecule is CC(NC(=O)COC(C)(C)C)C1CCCC1. The van der Waals surface area contributed by atoms with Crippen LogP contribution in [0.5, 0.6) is 0 Å². The zero-order valence-electron chi connectivity index (χ0n) is 11.0. The van der Waals surface area contributed by atoms with Crippen LogP contribution in [-0.4, -0.2) is 24.2 Å². The Labute approximate surface area is 98.9 Å². The molecule has 1 amide bonds. The number of carbonyl (C=O) groups excluding carboxylic acids is 1. The van der Waals surface area contributed by atoms with Crippen molar-refractivity contribution in [3.63, 3.8) is 0 Å². The van der Waals surface area contributed by atoms with Gasteiger partial charge in [0.25, 0.3) is 0 Å². The van der Waals surface area contributed by atoms with Crippen LogP contribution in [0.1, 0.15) is 53.4 Å². The van der Waals surface area contributed by atoms with E-state index >= 15 is 0 Å². The van der Waals surface area contributed by atoms with Gasteiger partial charge in [-0.15, -0.1) is 0 Å². The van der Waals surface area contributed by atoms with Gasteiger partial charge in [-0.2, -0.15) is 0 Å². The molecule has 1 atom stereocenters. The van der Waals surface area contributed by atoms with E-state index in [9.17, 15) is 4.79 Å². The molecule has 1 unspecified atom stereocenters. The van der Waals surface area contributed by atoms with Gasteiger partial charge >= 0.3 is 0 Å². The fourth-order valence-corrected chi connectivity index (χ4v) is 2.15. The molecule has 1 aliphatic rings. The minimum absolute atomic E-state index is 0.00863. The Kier molecular flexibility index (Phi) is 4.78. The molecule has 3 nitrogen and oxygen atoms in total. The lowest BCUT2D eigenvalue weighted by Gasteiger charge is -2.23. The van der Waals surface area contributed by atoms with Crippen LogP contribution in [0, 0.1) is 5.92 Å². The topological polar surface area (TPSA) is 38.3 Å². The Morgan fingerprint density at radius 3 is 2.44 bits per heavy atom. The Bertz CT molecular complexity index is 227. The van der Waals surface area contributed by atoms with Crippen LogP contribution >= 0.6 is 0 Å². The van der Waals surface area contributed by atoms with Gasteiger partial charge in [0.15, 0.2) is 0 Å². The summed E-state index contributed by atoms with van der Waals surface area (Å²) in [6.45, 7) is 8.15. The molecule has 0 saturated heterocycles. The zero-order valence-corrected chi connectivity index (χ0v) is 11.0. The highest BCUT2D eigenvalue weighted by Crippen LogP contribution is 2.27. The van der Waals surface area contributed by atoms with Gasteiger partial charge in [-0.1, -0.05) is 12.8 Å². The Balaban J connectivity index is 2.22. The number of hydrogen-bond donors (Lipinski definition) is 1. The maximum Gasteiger partial charge on any atom is 0.246 e. The van der Waals surface area contributed by atoms with Crippen LogP contribution in [0.25, 0.3) is 0 Å². The molecular formula is C13H25NO2. The van der Waals surface area contributed by atoms with Gasteiger partial charge in [0.05, 0.1) is 5.60 Å². The van der Waals surface area contributed by atoms with E-state index in [1.807, 2.05) is 20.8 Å². The van der Waals surface area contributed by atoms with Crippen molar-refractivity contribution in [2.24, 2.45) is 5.92 Å². The third-order valence-electron chi connectivity index (χ3n) is 3.13. The highest BCUT2D eigenvalue weighted by atomic mass is 16.5. The second kappa shape index (κ2) is 5.67. The minimum atomic E-state index is -0.242. The van der Waals surface area contributed by atoms with E-state index in [-0.39, 0.29) is 18.1 Å². The molecule has 1 aliphatic carbocycles. The van der Waals surface area contributed by atoms with Crippen molar-refractivity contribution in [3.8, 4) is 0 Å².